The first kappa shape index (κ1) is 17.1. The maximum atomic E-state index is 12.6. The Hall–Kier alpha value is -1.91. The van der Waals surface area contributed by atoms with Gasteiger partial charge in [0.2, 0.25) is 0 Å². The third-order valence-corrected chi connectivity index (χ3v) is 5.00. The standard InChI is InChI=1S/C14H18N2O4S/c1-5-7-15(8-6-2)21(19,20)14-10-12(4)11(3)9-13(14)16(17)18/h1,9-10H,6-8H2,2-4H3. The molecule has 0 radical (unpaired) electrons. The van der Waals surface area contributed by atoms with Crippen LogP contribution in [0.15, 0.2) is 17.0 Å². The third-order valence-electron chi connectivity index (χ3n) is 3.13. The number of nitrogens with zero attached hydrogens (tertiary/aromatic N) is 2. The van der Waals surface area contributed by atoms with Crippen LogP contribution in [0, 0.1) is 36.3 Å². The molecule has 0 fully saturated rings. The molecule has 7 heteroatoms. The SMILES string of the molecule is C#CCN(CCC)S(=O)(=O)c1cc(C)c(C)cc1[N+](=O)[O-]. The molecule has 0 aliphatic carbocycles. The zero-order chi connectivity index (χ0) is 16.2. The van der Waals surface area contributed by atoms with Crippen molar-refractivity contribution in [3.63, 3.8) is 0 Å². The lowest BCUT2D eigenvalue weighted by atomic mass is 10.1. The Labute approximate surface area is 125 Å². The molecule has 114 valence electrons. The lowest BCUT2D eigenvalue weighted by Crippen LogP contribution is -2.32. The quantitative estimate of drug-likeness (QED) is 0.458. The van der Waals surface area contributed by atoms with E-state index in [0.717, 1.165) is 4.31 Å². The fourth-order valence-corrected chi connectivity index (χ4v) is 3.57. The highest BCUT2D eigenvalue weighted by molar-refractivity contribution is 7.89. The van der Waals surface area contributed by atoms with Gasteiger partial charge >= 0.3 is 0 Å². The summed E-state index contributed by atoms with van der Waals surface area (Å²) in [6.45, 7) is 5.33. The molecule has 0 saturated carbocycles. The van der Waals surface area contributed by atoms with E-state index in [1.165, 1.54) is 12.1 Å². The van der Waals surface area contributed by atoms with E-state index in [-0.39, 0.29) is 18.0 Å². The summed E-state index contributed by atoms with van der Waals surface area (Å²) in [6.07, 6.45) is 5.77. The number of terminal acetylenes is 1. The van der Waals surface area contributed by atoms with Gasteiger partial charge in [0.25, 0.3) is 15.7 Å². The van der Waals surface area contributed by atoms with Crippen LogP contribution in [0.1, 0.15) is 24.5 Å². The summed E-state index contributed by atoms with van der Waals surface area (Å²) in [7, 11) is -3.99. The molecule has 21 heavy (non-hydrogen) atoms. The molecule has 0 N–H and O–H groups in total. The first-order valence-electron chi connectivity index (χ1n) is 6.45. The van der Waals surface area contributed by atoms with Crippen LogP contribution in [0.4, 0.5) is 5.69 Å². The molecule has 6 nitrogen and oxygen atoms in total. The van der Waals surface area contributed by atoms with Crippen LogP contribution in [0.5, 0.6) is 0 Å². The Bertz CT molecular complexity index is 690. The fraction of sp³-hybridized carbons (Fsp3) is 0.429. The molecule has 0 spiro atoms. The average molecular weight is 310 g/mol. The van der Waals surface area contributed by atoms with Crippen molar-refractivity contribution in [2.24, 2.45) is 0 Å². The van der Waals surface area contributed by atoms with Gasteiger partial charge in [-0.3, -0.25) is 10.1 Å². The zero-order valence-corrected chi connectivity index (χ0v) is 13.1. The van der Waals surface area contributed by atoms with Crippen molar-refractivity contribution in [2.75, 3.05) is 13.1 Å². The normalized spacial score (nSPS) is 11.4. The van der Waals surface area contributed by atoms with Crippen LogP contribution < -0.4 is 0 Å². The van der Waals surface area contributed by atoms with Crippen LogP contribution in [-0.2, 0) is 10.0 Å². The van der Waals surface area contributed by atoms with E-state index in [1.54, 1.807) is 13.8 Å². The summed E-state index contributed by atoms with van der Waals surface area (Å²) in [5.41, 5.74) is 0.923. The van der Waals surface area contributed by atoms with Crippen molar-refractivity contribution in [1.82, 2.24) is 4.31 Å². The molecule has 1 aromatic rings. The monoisotopic (exact) mass is 310 g/mol. The van der Waals surface area contributed by atoms with Crippen LogP contribution in [-0.4, -0.2) is 30.7 Å². The van der Waals surface area contributed by atoms with E-state index in [1.807, 2.05) is 6.92 Å². The van der Waals surface area contributed by atoms with E-state index < -0.39 is 20.6 Å². The minimum Gasteiger partial charge on any atom is -0.258 e. The van der Waals surface area contributed by atoms with Gasteiger partial charge in [0.05, 0.1) is 11.5 Å². The summed E-state index contributed by atoms with van der Waals surface area (Å²) >= 11 is 0. The van der Waals surface area contributed by atoms with Gasteiger partial charge in [-0.05, 0) is 37.5 Å². The molecule has 0 atom stereocenters. The number of nitro benzene ring substituents is 1. The lowest BCUT2D eigenvalue weighted by Gasteiger charge is -2.19. The number of hydrogen-bond donors (Lipinski definition) is 0. The Morgan fingerprint density at radius 1 is 1.33 bits per heavy atom. The van der Waals surface area contributed by atoms with Gasteiger partial charge in [0, 0.05) is 12.6 Å². The number of nitro groups is 1. The van der Waals surface area contributed by atoms with Crippen LogP contribution in [0.25, 0.3) is 0 Å². The van der Waals surface area contributed by atoms with Crippen molar-refractivity contribution in [2.45, 2.75) is 32.1 Å². The minimum atomic E-state index is -3.99. The van der Waals surface area contributed by atoms with Gasteiger partial charge < -0.3 is 0 Å². The number of aryl methyl sites for hydroxylation is 2. The maximum absolute atomic E-state index is 12.6. The second-order valence-electron chi connectivity index (χ2n) is 4.70. The smallest absolute Gasteiger partial charge is 0.258 e. The molecule has 0 saturated heterocycles. The first-order valence-corrected chi connectivity index (χ1v) is 7.89. The second kappa shape index (κ2) is 6.70. The maximum Gasteiger partial charge on any atom is 0.289 e. The van der Waals surface area contributed by atoms with E-state index in [9.17, 15) is 18.5 Å². The van der Waals surface area contributed by atoms with Gasteiger partial charge in [-0.15, -0.1) is 6.42 Å². The fourth-order valence-electron chi connectivity index (χ4n) is 1.90. The summed E-state index contributed by atoms with van der Waals surface area (Å²) < 4.78 is 26.3. The number of benzene rings is 1. The largest absolute Gasteiger partial charge is 0.289 e. The topological polar surface area (TPSA) is 80.5 Å². The second-order valence-corrected chi connectivity index (χ2v) is 6.61. The Morgan fingerprint density at radius 3 is 2.38 bits per heavy atom. The molecule has 1 rings (SSSR count). The van der Waals surface area contributed by atoms with Crippen molar-refractivity contribution in [3.05, 3.63) is 33.4 Å². The summed E-state index contributed by atoms with van der Waals surface area (Å²) in [6, 6.07) is 2.62. The van der Waals surface area contributed by atoms with Crippen LogP contribution in [0.3, 0.4) is 0 Å². The molecule has 0 amide bonds. The van der Waals surface area contributed by atoms with Crippen molar-refractivity contribution in [3.8, 4) is 12.3 Å². The van der Waals surface area contributed by atoms with Gasteiger partial charge in [-0.1, -0.05) is 12.8 Å². The van der Waals surface area contributed by atoms with Gasteiger partial charge in [-0.25, -0.2) is 8.42 Å². The number of hydrogen-bond acceptors (Lipinski definition) is 4. The summed E-state index contributed by atoms with van der Waals surface area (Å²) in [4.78, 5) is 10.2. The Morgan fingerprint density at radius 2 is 1.90 bits per heavy atom. The molecular formula is C14H18N2O4S. The molecule has 0 aromatic heterocycles. The predicted octanol–water partition coefficient (Wildman–Crippen LogP) is 2.25. The predicted molar refractivity (Wildman–Crippen MR) is 80.5 cm³/mol. The van der Waals surface area contributed by atoms with Crippen molar-refractivity contribution >= 4 is 15.7 Å². The highest BCUT2D eigenvalue weighted by Crippen LogP contribution is 2.29. The molecule has 1 aromatic carbocycles. The van der Waals surface area contributed by atoms with Crippen molar-refractivity contribution in [1.29, 1.82) is 0 Å². The molecule has 0 unspecified atom stereocenters. The van der Waals surface area contributed by atoms with E-state index in [2.05, 4.69) is 5.92 Å². The van der Waals surface area contributed by atoms with Crippen molar-refractivity contribution < 1.29 is 13.3 Å². The van der Waals surface area contributed by atoms with E-state index in [0.29, 0.717) is 17.5 Å². The average Bonchev–Trinajstić information content (AvgIpc) is 2.40. The minimum absolute atomic E-state index is 0.111. The van der Waals surface area contributed by atoms with Gasteiger partial charge in [0.15, 0.2) is 4.90 Å². The lowest BCUT2D eigenvalue weighted by molar-refractivity contribution is -0.387. The van der Waals surface area contributed by atoms with Crippen LogP contribution >= 0.6 is 0 Å². The highest BCUT2D eigenvalue weighted by Gasteiger charge is 2.31. The molecular weight excluding hydrogens is 292 g/mol. The highest BCUT2D eigenvalue weighted by atomic mass is 32.2. The van der Waals surface area contributed by atoms with E-state index >= 15 is 0 Å². The van der Waals surface area contributed by atoms with E-state index in [4.69, 9.17) is 6.42 Å². The first-order chi connectivity index (χ1) is 9.75. The molecule has 0 aliphatic heterocycles. The summed E-state index contributed by atoms with van der Waals surface area (Å²) in [5.74, 6) is 2.28. The Kier molecular flexibility index (Phi) is 5.47. The van der Waals surface area contributed by atoms with Gasteiger partial charge in [-0.2, -0.15) is 4.31 Å². The van der Waals surface area contributed by atoms with Gasteiger partial charge in [0.1, 0.15) is 0 Å². The number of rotatable bonds is 6. The molecule has 0 heterocycles. The Balaban J connectivity index is 3.53. The molecule has 0 bridgehead atoms. The molecule has 0 aliphatic rings. The summed E-state index contributed by atoms with van der Waals surface area (Å²) in [5, 5.41) is 11.2. The number of sulfonamides is 1. The van der Waals surface area contributed by atoms with Crippen LogP contribution in [0.2, 0.25) is 0 Å². The third kappa shape index (κ3) is 3.60. The zero-order valence-electron chi connectivity index (χ0n) is 12.3.